The number of methoxy groups -OCH3 is 2. The Morgan fingerprint density at radius 1 is 1.19 bits per heavy atom. The van der Waals surface area contributed by atoms with Gasteiger partial charge in [-0.25, -0.2) is 4.39 Å². The van der Waals surface area contributed by atoms with Crippen LogP contribution in [0.5, 0.6) is 11.5 Å². The van der Waals surface area contributed by atoms with Gasteiger partial charge in [-0.3, -0.25) is 9.59 Å². The highest BCUT2D eigenvalue weighted by Gasteiger charge is 2.36. The van der Waals surface area contributed by atoms with E-state index in [1.807, 2.05) is 0 Å². The van der Waals surface area contributed by atoms with Crippen LogP contribution in [0.25, 0.3) is 0 Å². The van der Waals surface area contributed by atoms with Crippen molar-refractivity contribution in [3.63, 3.8) is 0 Å². The van der Waals surface area contributed by atoms with Gasteiger partial charge in [-0.05, 0) is 24.3 Å². The third-order valence-electron chi connectivity index (χ3n) is 4.31. The number of para-hydroxylation sites is 1. The topological polar surface area (TPSA) is 67.9 Å². The van der Waals surface area contributed by atoms with Crippen molar-refractivity contribution in [2.75, 3.05) is 31.0 Å². The molecule has 2 aromatic carbocycles. The predicted molar refractivity (Wildman–Crippen MR) is 95.0 cm³/mol. The lowest BCUT2D eigenvalue weighted by Crippen LogP contribution is -2.28. The molecule has 1 heterocycles. The number of carbonyl (C=O) groups excluding carboxylic acids is 2. The van der Waals surface area contributed by atoms with Crippen molar-refractivity contribution >= 4 is 23.2 Å². The van der Waals surface area contributed by atoms with Crippen molar-refractivity contribution in [2.24, 2.45) is 5.92 Å². The van der Waals surface area contributed by atoms with Gasteiger partial charge in [0.1, 0.15) is 17.3 Å². The third kappa shape index (κ3) is 3.46. The van der Waals surface area contributed by atoms with Crippen molar-refractivity contribution < 1.29 is 23.5 Å². The molecule has 0 radical (unpaired) electrons. The molecule has 136 valence electrons. The summed E-state index contributed by atoms with van der Waals surface area (Å²) in [5.41, 5.74) is 0.671. The Hall–Kier alpha value is -3.09. The highest BCUT2D eigenvalue weighted by atomic mass is 19.1. The number of hydrogen-bond acceptors (Lipinski definition) is 4. The van der Waals surface area contributed by atoms with E-state index in [2.05, 4.69) is 5.32 Å². The lowest BCUT2D eigenvalue weighted by atomic mass is 10.1. The van der Waals surface area contributed by atoms with E-state index >= 15 is 0 Å². The minimum atomic E-state index is -0.575. The van der Waals surface area contributed by atoms with Gasteiger partial charge in [0, 0.05) is 19.0 Å². The van der Waals surface area contributed by atoms with Crippen LogP contribution in [-0.4, -0.2) is 32.6 Å². The van der Waals surface area contributed by atoms with Crippen LogP contribution >= 0.6 is 0 Å². The molecular weight excluding hydrogens is 339 g/mol. The number of rotatable bonds is 5. The second-order valence-corrected chi connectivity index (χ2v) is 5.91. The number of benzene rings is 2. The van der Waals surface area contributed by atoms with Gasteiger partial charge in [-0.15, -0.1) is 0 Å². The van der Waals surface area contributed by atoms with Crippen LogP contribution in [0.15, 0.2) is 42.5 Å². The Balaban J connectivity index is 1.74. The molecule has 0 spiro atoms. The summed E-state index contributed by atoms with van der Waals surface area (Å²) in [4.78, 5) is 26.1. The summed E-state index contributed by atoms with van der Waals surface area (Å²) in [6, 6.07) is 11.0. The van der Waals surface area contributed by atoms with Gasteiger partial charge in [0.05, 0.1) is 31.5 Å². The number of carbonyl (C=O) groups is 2. The quantitative estimate of drug-likeness (QED) is 0.892. The molecule has 1 fully saturated rings. The molecule has 0 unspecified atom stereocenters. The van der Waals surface area contributed by atoms with Gasteiger partial charge in [0.2, 0.25) is 11.8 Å². The van der Waals surface area contributed by atoms with E-state index in [4.69, 9.17) is 9.47 Å². The number of halogens is 1. The monoisotopic (exact) mass is 358 g/mol. The summed E-state index contributed by atoms with van der Waals surface area (Å²) in [6.45, 7) is 0.129. The third-order valence-corrected chi connectivity index (χ3v) is 4.31. The van der Waals surface area contributed by atoms with Crippen LogP contribution in [-0.2, 0) is 9.59 Å². The predicted octanol–water partition coefficient (Wildman–Crippen LogP) is 2.83. The molecule has 7 heteroatoms. The lowest BCUT2D eigenvalue weighted by molar-refractivity contribution is -0.122. The van der Waals surface area contributed by atoms with Gasteiger partial charge in [0.25, 0.3) is 0 Å². The summed E-state index contributed by atoms with van der Waals surface area (Å²) in [7, 11) is 3.03. The molecule has 0 aromatic heterocycles. The Labute approximate surface area is 150 Å². The number of nitrogens with zero attached hydrogens (tertiary/aromatic N) is 1. The van der Waals surface area contributed by atoms with Gasteiger partial charge in [-0.1, -0.05) is 12.1 Å². The number of anilines is 2. The second kappa shape index (κ2) is 7.43. The van der Waals surface area contributed by atoms with Gasteiger partial charge < -0.3 is 19.7 Å². The first-order valence-electron chi connectivity index (χ1n) is 8.11. The zero-order valence-corrected chi connectivity index (χ0v) is 14.5. The molecule has 3 rings (SSSR count). The molecular formula is C19H19FN2O4. The zero-order chi connectivity index (χ0) is 18.7. The summed E-state index contributed by atoms with van der Waals surface area (Å²) >= 11 is 0. The first-order valence-corrected chi connectivity index (χ1v) is 8.11. The van der Waals surface area contributed by atoms with Crippen LogP contribution in [0.2, 0.25) is 0 Å². The molecule has 2 aromatic rings. The van der Waals surface area contributed by atoms with Gasteiger partial charge in [0.15, 0.2) is 0 Å². The van der Waals surface area contributed by atoms with Crippen LogP contribution in [0.1, 0.15) is 6.42 Å². The molecule has 1 atom stereocenters. The minimum Gasteiger partial charge on any atom is -0.497 e. The van der Waals surface area contributed by atoms with Crippen molar-refractivity contribution in [1.29, 1.82) is 0 Å². The first-order chi connectivity index (χ1) is 12.5. The molecule has 1 aliphatic rings. The van der Waals surface area contributed by atoms with Crippen LogP contribution in [0.3, 0.4) is 0 Å². The highest BCUT2D eigenvalue weighted by molar-refractivity contribution is 6.04. The Kier molecular flexibility index (Phi) is 5.06. The molecule has 6 nitrogen and oxygen atoms in total. The summed E-state index contributed by atoms with van der Waals surface area (Å²) < 4.78 is 24.3. The van der Waals surface area contributed by atoms with Crippen molar-refractivity contribution in [2.45, 2.75) is 6.42 Å². The van der Waals surface area contributed by atoms with E-state index in [0.717, 1.165) is 0 Å². The number of amides is 2. The van der Waals surface area contributed by atoms with E-state index in [-0.39, 0.29) is 30.5 Å². The fraction of sp³-hybridized carbons (Fsp3) is 0.263. The maximum absolute atomic E-state index is 13.9. The van der Waals surface area contributed by atoms with Crippen LogP contribution < -0.4 is 19.7 Å². The number of hydrogen-bond donors (Lipinski definition) is 1. The van der Waals surface area contributed by atoms with E-state index in [9.17, 15) is 14.0 Å². The normalized spacial score (nSPS) is 16.5. The first kappa shape index (κ1) is 17.7. The molecule has 1 N–H and O–H groups in total. The standard InChI is InChI=1S/C19H19FN2O4/c1-25-13-7-8-15(17(10-13)26-2)21-19(24)12-9-18(23)22(11-12)16-6-4-3-5-14(16)20/h3-8,10,12H,9,11H2,1-2H3,(H,21,24)/t12-/m1/s1. The Morgan fingerprint density at radius 3 is 2.65 bits per heavy atom. The van der Waals surface area contributed by atoms with Crippen LogP contribution in [0, 0.1) is 11.7 Å². The molecule has 26 heavy (non-hydrogen) atoms. The maximum Gasteiger partial charge on any atom is 0.229 e. The molecule has 0 saturated carbocycles. The lowest BCUT2D eigenvalue weighted by Gasteiger charge is -2.17. The molecule has 0 bridgehead atoms. The largest absolute Gasteiger partial charge is 0.497 e. The molecule has 0 aliphatic carbocycles. The fourth-order valence-electron chi connectivity index (χ4n) is 2.92. The molecule has 1 aliphatic heterocycles. The maximum atomic E-state index is 13.9. The minimum absolute atomic E-state index is 0.0264. The van der Waals surface area contributed by atoms with Crippen LogP contribution in [0.4, 0.5) is 15.8 Å². The van der Waals surface area contributed by atoms with Crippen molar-refractivity contribution in [3.05, 3.63) is 48.3 Å². The van der Waals surface area contributed by atoms with Gasteiger partial charge in [-0.2, -0.15) is 0 Å². The average molecular weight is 358 g/mol. The Bertz CT molecular complexity index is 840. The van der Waals surface area contributed by atoms with Crippen molar-refractivity contribution in [3.8, 4) is 11.5 Å². The van der Waals surface area contributed by atoms with E-state index < -0.39 is 11.7 Å². The van der Waals surface area contributed by atoms with E-state index in [1.54, 1.807) is 30.3 Å². The summed E-state index contributed by atoms with van der Waals surface area (Å²) in [5.74, 6) is -0.611. The van der Waals surface area contributed by atoms with E-state index in [0.29, 0.717) is 17.2 Å². The molecule has 2 amide bonds. The van der Waals surface area contributed by atoms with Gasteiger partial charge >= 0.3 is 0 Å². The fourth-order valence-corrected chi connectivity index (χ4v) is 2.92. The number of ether oxygens (including phenoxy) is 2. The zero-order valence-electron chi connectivity index (χ0n) is 14.5. The summed E-state index contributed by atoms with van der Waals surface area (Å²) in [5, 5.41) is 2.77. The SMILES string of the molecule is COc1ccc(NC(=O)[C@@H]2CC(=O)N(c3ccccc3F)C2)c(OC)c1. The van der Waals surface area contributed by atoms with Crippen molar-refractivity contribution in [1.82, 2.24) is 0 Å². The number of nitrogens with one attached hydrogen (secondary N) is 1. The highest BCUT2D eigenvalue weighted by Crippen LogP contribution is 2.31. The summed E-state index contributed by atoms with van der Waals surface area (Å²) in [6.07, 6.45) is 0.0264. The molecule has 1 saturated heterocycles. The average Bonchev–Trinajstić information content (AvgIpc) is 3.04. The second-order valence-electron chi connectivity index (χ2n) is 5.91. The van der Waals surface area contributed by atoms with E-state index in [1.165, 1.54) is 31.3 Å². The Morgan fingerprint density at radius 2 is 1.96 bits per heavy atom. The smallest absolute Gasteiger partial charge is 0.229 e.